The van der Waals surface area contributed by atoms with Crippen molar-refractivity contribution in [3.63, 3.8) is 0 Å². The number of hydrazine groups is 1. The van der Waals surface area contributed by atoms with Gasteiger partial charge in [0.05, 0.1) is 0 Å². The fourth-order valence-electron chi connectivity index (χ4n) is 1.28. The zero-order chi connectivity index (χ0) is 9.10. The molecule has 0 spiro atoms. The number of piperazine rings is 1. The summed E-state index contributed by atoms with van der Waals surface area (Å²) in [5.74, 6) is 0. The van der Waals surface area contributed by atoms with Gasteiger partial charge in [-0.15, -0.1) is 0 Å². The van der Waals surface area contributed by atoms with Crippen LogP contribution in [0.5, 0.6) is 0 Å². The Labute approximate surface area is 81.5 Å². The molecule has 0 aromatic carbocycles. The molecule has 1 aliphatic heterocycles. The highest BCUT2D eigenvalue weighted by molar-refractivity contribution is 7.09. The van der Waals surface area contributed by atoms with Crippen LogP contribution in [0.1, 0.15) is 0 Å². The van der Waals surface area contributed by atoms with Gasteiger partial charge in [0, 0.05) is 37.7 Å². The number of aromatic nitrogens is 2. The van der Waals surface area contributed by atoms with Crippen LogP contribution in [0.15, 0.2) is 6.33 Å². The second kappa shape index (κ2) is 3.99. The quantitative estimate of drug-likeness (QED) is 0.732. The van der Waals surface area contributed by atoms with Crippen LogP contribution in [-0.2, 0) is 0 Å². The molecule has 1 aliphatic rings. The summed E-state index contributed by atoms with van der Waals surface area (Å²) in [6.07, 6.45) is 1.57. The summed E-state index contributed by atoms with van der Waals surface area (Å²) in [6, 6.07) is 0. The predicted octanol–water partition coefficient (Wildman–Crippen LogP) is 0.112. The summed E-state index contributed by atoms with van der Waals surface area (Å²) in [5.41, 5.74) is 3.23. The van der Waals surface area contributed by atoms with Crippen molar-refractivity contribution < 1.29 is 0 Å². The molecule has 6 heteroatoms. The molecule has 0 atom stereocenters. The lowest BCUT2D eigenvalue weighted by atomic mass is 10.4. The third-order valence-electron chi connectivity index (χ3n) is 2.12. The van der Waals surface area contributed by atoms with E-state index in [9.17, 15) is 0 Å². The highest BCUT2D eigenvalue weighted by Gasteiger charge is 2.13. The predicted molar refractivity (Wildman–Crippen MR) is 52.6 cm³/mol. The van der Waals surface area contributed by atoms with Gasteiger partial charge in [0.25, 0.3) is 0 Å². The molecule has 0 saturated carbocycles. The van der Waals surface area contributed by atoms with E-state index in [1.807, 2.05) is 0 Å². The van der Waals surface area contributed by atoms with Gasteiger partial charge in [-0.05, 0) is 7.05 Å². The van der Waals surface area contributed by atoms with Gasteiger partial charge >= 0.3 is 0 Å². The van der Waals surface area contributed by atoms with Crippen LogP contribution in [-0.4, -0.2) is 52.5 Å². The smallest absolute Gasteiger partial charge is 0.216 e. The van der Waals surface area contributed by atoms with Gasteiger partial charge in [0.15, 0.2) is 0 Å². The van der Waals surface area contributed by atoms with Crippen molar-refractivity contribution in [2.24, 2.45) is 0 Å². The number of rotatable bonds is 2. The van der Waals surface area contributed by atoms with Crippen molar-refractivity contribution in [1.82, 2.24) is 19.3 Å². The minimum atomic E-state index is 0.879. The molecule has 2 rings (SSSR count). The summed E-state index contributed by atoms with van der Waals surface area (Å²) >= 11 is 1.39. The average Bonchev–Trinajstić information content (AvgIpc) is 2.62. The number of nitrogens with zero attached hydrogens (tertiary/aromatic N) is 4. The summed E-state index contributed by atoms with van der Waals surface area (Å²) in [5, 5.41) is 3.06. The molecule has 1 aromatic rings. The first-order valence-electron chi connectivity index (χ1n) is 4.31. The van der Waals surface area contributed by atoms with Gasteiger partial charge < -0.3 is 4.90 Å². The Morgan fingerprint density at radius 3 is 2.77 bits per heavy atom. The van der Waals surface area contributed by atoms with Crippen LogP contribution in [0.2, 0.25) is 0 Å². The lowest BCUT2D eigenvalue weighted by molar-refractivity contribution is 0.179. The second-order valence-corrected chi connectivity index (χ2v) is 3.93. The van der Waals surface area contributed by atoms with Crippen molar-refractivity contribution in [1.29, 1.82) is 0 Å². The first-order chi connectivity index (χ1) is 6.34. The van der Waals surface area contributed by atoms with E-state index in [1.54, 1.807) is 6.33 Å². The summed E-state index contributed by atoms with van der Waals surface area (Å²) < 4.78 is 3.93. The van der Waals surface area contributed by atoms with Crippen LogP contribution in [0, 0.1) is 0 Å². The Balaban J connectivity index is 1.83. The molecular formula is C7H13N5S. The van der Waals surface area contributed by atoms with Gasteiger partial charge in [0.2, 0.25) is 5.13 Å². The minimum absolute atomic E-state index is 0.879. The molecule has 0 aliphatic carbocycles. The zero-order valence-corrected chi connectivity index (χ0v) is 8.42. The van der Waals surface area contributed by atoms with Crippen LogP contribution in [0.25, 0.3) is 0 Å². The van der Waals surface area contributed by atoms with Crippen molar-refractivity contribution in [3.8, 4) is 0 Å². The molecule has 1 N–H and O–H groups in total. The van der Waals surface area contributed by atoms with Crippen molar-refractivity contribution in [3.05, 3.63) is 6.33 Å². The number of hydrogen-bond donors (Lipinski definition) is 1. The highest BCUT2D eigenvalue weighted by Crippen LogP contribution is 2.09. The molecule has 2 heterocycles. The standard InChI is InChI=1S/C7H13N5S/c1-11-2-4-12(5-3-11)10-7-8-6-9-13-7/h6H,2-5H2,1H3,(H,8,9,10). The topological polar surface area (TPSA) is 44.3 Å². The number of hydrogen-bond acceptors (Lipinski definition) is 6. The fourth-order valence-corrected chi connectivity index (χ4v) is 1.73. The molecule has 0 bridgehead atoms. The van der Waals surface area contributed by atoms with E-state index < -0.39 is 0 Å². The number of anilines is 1. The molecule has 1 saturated heterocycles. The monoisotopic (exact) mass is 199 g/mol. The Kier molecular flexibility index (Phi) is 2.72. The summed E-state index contributed by atoms with van der Waals surface area (Å²) in [4.78, 5) is 6.39. The molecule has 72 valence electrons. The fraction of sp³-hybridized carbons (Fsp3) is 0.714. The van der Waals surface area contributed by atoms with Crippen LogP contribution in [0.4, 0.5) is 5.13 Å². The second-order valence-electron chi connectivity index (χ2n) is 3.15. The minimum Gasteiger partial charge on any atom is -0.304 e. The SMILES string of the molecule is CN1CCN(Nc2ncns2)CC1. The van der Waals surface area contributed by atoms with Crippen LogP contribution in [0.3, 0.4) is 0 Å². The maximum Gasteiger partial charge on any atom is 0.216 e. The Morgan fingerprint density at radius 1 is 1.38 bits per heavy atom. The third-order valence-corrected chi connectivity index (χ3v) is 2.69. The van der Waals surface area contributed by atoms with Crippen molar-refractivity contribution in [2.45, 2.75) is 0 Å². The van der Waals surface area contributed by atoms with E-state index in [0.29, 0.717) is 0 Å². The molecule has 0 unspecified atom stereocenters. The van der Waals surface area contributed by atoms with Crippen molar-refractivity contribution in [2.75, 3.05) is 38.7 Å². The van der Waals surface area contributed by atoms with E-state index in [-0.39, 0.29) is 0 Å². The summed E-state index contributed by atoms with van der Waals surface area (Å²) in [6.45, 7) is 4.28. The normalized spacial score (nSPS) is 20.4. The molecular weight excluding hydrogens is 186 g/mol. The number of nitrogens with one attached hydrogen (secondary N) is 1. The van der Waals surface area contributed by atoms with Crippen LogP contribution >= 0.6 is 11.5 Å². The molecule has 1 fully saturated rings. The van der Waals surface area contributed by atoms with E-state index >= 15 is 0 Å². The number of likely N-dealkylation sites (N-methyl/N-ethyl adjacent to an activating group) is 1. The van der Waals surface area contributed by atoms with Crippen LogP contribution < -0.4 is 5.43 Å². The first-order valence-corrected chi connectivity index (χ1v) is 5.09. The lowest BCUT2D eigenvalue weighted by Gasteiger charge is -2.31. The van der Waals surface area contributed by atoms with Gasteiger partial charge in [-0.3, -0.25) is 5.43 Å². The Morgan fingerprint density at radius 2 is 2.15 bits per heavy atom. The molecule has 1 aromatic heterocycles. The van der Waals surface area contributed by atoms with Gasteiger partial charge in [-0.25, -0.2) is 9.99 Å². The van der Waals surface area contributed by atoms with Crippen molar-refractivity contribution >= 4 is 16.7 Å². The maximum atomic E-state index is 4.07. The average molecular weight is 199 g/mol. The zero-order valence-electron chi connectivity index (χ0n) is 7.60. The largest absolute Gasteiger partial charge is 0.304 e. The maximum absolute atomic E-state index is 4.07. The Hall–Kier alpha value is -0.720. The lowest BCUT2D eigenvalue weighted by Crippen LogP contribution is -2.46. The van der Waals surface area contributed by atoms with Gasteiger partial charge in [0.1, 0.15) is 6.33 Å². The highest BCUT2D eigenvalue weighted by atomic mass is 32.1. The Bertz CT molecular complexity index is 241. The van der Waals surface area contributed by atoms with Gasteiger partial charge in [-0.1, -0.05) is 0 Å². The third kappa shape index (κ3) is 2.36. The molecule has 0 radical (unpaired) electrons. The van der Waals surface area contributed by atoms with E-state index in [1.165, 1.54) is 11.5 Å². The van der Waals surface area contributed by atoms with Gasteiger partial charge in [-0.2, -0.15) is 4.37 Å². The summed E-state index contributed by atoms with van der Waals surface area (Å²) in [7, 11) is 2.14. The van der Waals surface area contributed by atoms with E-state index in [2.05, 4.69) is 31.7 Å². The molecule has 5 nitrogen and oxygen atoms in total. The first kappa shape index (κ1) is 8.86. The van der Waals surface area contributed by atoms with E-state index in [0.717, 1.165) is 31.3 Å². The van der Waals surface area contributed by atoms with E-state index in [4.69, 9.17) is 0 Å². The molecule has 0 amide bonds. The molecule has 13 heavy (non-hydrogen) atoms.